The monoisotopic (exact) mass is 648 g/mol. The van der Waals surface area contributed by atoms with Gasteiger partial charge in [0.1, 0.15) is 0 Å². The predicted octanol–water partition coefficient (Wildman–Crippen LogP) is 1.34. The molecule has 0 bridgehead atoms. The number of hydrogen-bond acceptors (Lipinski definition) is 2. The Balaban J connectivity index is 0.00000196. The van der Waals surface area contributed by atoms with E-state index in [1.807, 2.05) is 0 Å². The second kappa shape index (κ2) is 12.0. The largest absolute Gasteiger partial charge is 1.00 e. The summed E-state index contributed by atoms with van der Waals surface area (Å²) in [6.45, 7) is 8.61. The van der Waals surface area contributed by atoms with Crippen molar-refractivity contribution < 1.29 is 53.8 Å². The number of rotatable bonds is 7. The van der Waals surface area contributed by atoms with Crippen molar-refractivity contribution in [2.75, 3.05) is 13.2 Å². The maximum atomic E-state index is 6.88. The Morgan fingerprint density at radius 3 is 1.96 bits per heavy atom. The van der Waals surface area contributed by atoms with Crippen LogP contribution in [0.1, 0.15) is 40.0 Å². The Morgan fingerprint density at radius 2 is 1.54 bits per heavy atom. The summed E-state index contributed by atoms with van der Waals surface area (Å²) in [4.78, 5) is 0. The summed E-state index contributed by atoms with van der Waals surface area (Å²) in [5, 5.41) is 2.73. The van der Waals surface area contributed by atoms with Gasteiger partial charge in [-0.25, -0.2) is 0 Å². The van der Waals surface area contributed by atoms with Crippen LogP contribution >= 0.6 is 0 Å². The second-order valence-corrected chi connectivity index (χ2v) is 12.4. The van der Waals surface area contributed by atoms with E-state index < -0.39 is 8.32 Å². The van der Waals surface area contributed by atoms with Crippen LogP contribution in [0.4, 0.5) is 0 Å². The summed E-state index contributed by atoms with van der Waals surface area (Å²) in [5.41, 5.74) is 0. The van der Waals surface area contributed by atoms with Crippen molar-refractivity contribution in [3.05, 3.63) is 67.1 Å². The fourth-order valence-electron chi connectivity index (χ4n) is 4.02. The molecule has 1 fully saturated rings. The second-order valence-electron chi connectivity index (χ2n) is 8.09. The van der Waals surface area contributed by atoms with Crippen molar-refractivity contribution in [3.8, 4) is 0 Å². The maximum Gasteiger partial charge on any atom is 1.00 e. The number of halogens is 1. The molecule has 0 N–H and O–H groups in total. The molecule has 0 spiro atoms. The quantitative estimate of drug-likeness (QED) is 0.334. The molecule has 0 unspecified atom stereocenters. The van der Waals surface area contributed by atoms with Gasteiger partial charge in [-0.15, -0.1) is 0 Å². The van der Waals surface area contributed by atoms with E-state index in [2.05, 4.69) is 87.9 Å². The van der Waals surface area contributed by atoms with Gasteiger partial charge < -0.3 is 26.1 Å². The van der Waals surface area contributed by atoms with Crippen LogP contribution < -0.4 is 27.4 Å². The molecule has 0 aromatic heterocycles. The van der Waals surface area contributed by atoms with Crippen molar-refractivity contribution in [1.29, 1.82) is 0 Å². The molecule has 2 radical (unpaired) electrons. The van der Waals surface area contributed by atoms with E-state index in [0.29, 0.717) is 6.10 Å². The van der Waals surface area contributed by atoms with E-state index in [0.717, 1.165) is 26.1 Å². The Hall–Kier alpha value is -0.00805. The molecule has 0 amide bonds. The third kappa shape index (κ3) is 6.01. The van der Waals surface area contributed by atoms with E-state index in [-0.39, 0.29) is 49.7 Å². The van der Waals surface area contributed by atoms with E-state index in [1.54, 1.807) is 0 Å². The molecule has 2 aromatic carbocycles. The minimum absolute atomic E-state index is 0. The average Bonchev–Trinajstić information content (AvgIpc) is 3.16. The molecular weight excluding hydrogens is 617 g/mol. The Bertz CT molecular complexity index is 631. The van der Waals surface area contributed by atoms with E-state index >= 15 is 0 Å². The van der Waals surface area contributed by atoms with E-state index in [4.69, 9.17) is 9.16 Å². The molecule has 1 heterocycles. The first-order valence-corrected chi connectivity index (χ1v) is 11.6. The third-order valence-corrected chi connectivity index (χ3v) is 10.3. The molecule has 28 heavy (non-hydrogen) atoms. The summed E-state index contributed by atoms with van der Waals surface area (Å²) in [7, 11) is -2.39. The molecule has 1 saturated heterocycles. The van der Waals surface area contributed by atoms with Gasteiger partial charge in [0.2, 0.25) is 0 Å². The van der Waals surface area contributed by atoms with Crippen molar-refractivity contribution in [3.63, 3.8) is 0 Å². The van der Waals surface area contributed by atoms with Crippen LogP contribution in [0, 0.1) is 6.42 Å². The van der Waals surface area contributed by atoms with Crippen molar-refractivity contribution in [1.82, 2.24) is 0 Å². The third-order valence-electron chi connectivity index (χ3n) is 5.25. The minimum atomic E-state index is -2.39. The standard InChI is InChI=1S/C23H31O2Si.BrH.Hg/c1-23(2,3)26(21-14-6-4-7-15-21,22-16-8-5-9-17-22)25-19-11-13-20-12-10-18-24-20;;/h4-9,13-17,20H,10-12,18-19H2,1-3H3;1H;/q;;+1/p-1/t20-;;/m0../s1. The van der Waals surface area contributed by atoms with Crippen LogP contribution in [0.15, 0.2) is 60.7 Å². The first kappa shape index (κ1) is 26.0. The Labute approximate surface area is 202 Å². The topological polar surface area (TPSA) is 18.5 Å². The summed E-state index contributed by atoms with van der Waals surface area (Å²) >= 11 is 0. The Kier molecular flexibility index (Phi) is 11.1. The van der Waals surface area contributed by atoms with Gasteiger partial charge in [-0.3, -0.25) is 0 Å². The average molecular weight is 648 g/mol. The molecule has 0 aliphatic carbocycles. The van der Waals surface area contributed by atoms with Gasteiger partial charge in [-0.05, 0) is 41.1 Å². The molecule has 1 atom stereocenters. The zero-order valence-corrected chi connectivity index (χ0v) is 25.4. The molecule has 3 rings (SSSR count). The van der Waals surface area contributed by atoms with Gasteiger partial charge in [0.25, 0.3) is 8.32 Å². The Morgan fingerprint density at radius 1 is 1.00 bits per heavy atom. The zero-order chi connectivity index (χ0) is 18.5. The SMILES string of the molecule is CC(C)(C)[Si](OCC[CH][C@@H]1CCCO1)(c1ccccc1)c1ccccc1.[Br-].[Hg+]. The molecule has 5 heteroatoms. The van der Waals surface area contributed by atoms with Crippen LogP contribution in [-0.2, 0) is 36.8 Å². The smallest absolute Gasteiger partial charge is 1.00 e. The zero-order valence-electron chi connectivity index (χ0n) is 17.4. The van der Waals surface area contributed by atoms with Crippen molar-refractivity contribution in [2.24, 2.45) is 0 Å². The van der Waals surface area contributed by atoms with Gasteiger partial charge in [0, 0.05) is 13.2 Å². The summed E-state index contributed by atoms with van der Waals surface area (Å²) in [5.74, 6) is 0. The first-order chi connectivity index (χ1) is 12.5. The van der Waals surface area contributed by atoms with Crippen molar-refractivity contribution >= 4 is 18.7 Å². The maximum absolute atomic E-state index is 6.88. The molecule has 1 aliphatic heterocycles. The van der Waals surface area contributed by atoms with E-state index in [1.165, 1.54) is 16.8 Å². The molecule has 148 valence electrons. The predicted molar refractivity (Wildman–Crippen MR) is 111 cm³/mol. The normalized spacial score (nSPS) is 16.9. The molecule has 2 aromatic rings. The van der Waals surface area contributed by atoms with Gasteiger partial charge >= 0.3 is 27.7 Å². The van der Waals surface area contributed by atoms with Crippen LogP contribution in [-0.4, -0.2) is 27.6 Å². The van der Waals surface area contributed by atoms with Crippen LogP contribution in [0.5, 0.6) is 0 Å². The summed E-state index contributed by atoms with van der Waals surface area (Å²) in [6.07, 6.45) is 5.88. The molecular formula is C23H31BrHgO2Si. The van der Waals surface area contributed by atoms with Crippen molar-refractivity contribution in [2.45, 2.75) is 51.2 Å². The molecule has 2 nitrogen and oxygen atoms in total. The molecule has 1 aliphatic rings. The van der Waals surface area contributed by atoms with Gasteiger partial charge in [0.05, 0.1) is 6.10 Å². The molecule has 0 saturated carbocycles. The number of benzene rings is 2. The minimum Gasteiger partial charge on any atom is -1.00 e. The van der Waals surface area contributed by atoms with Gasteiger partial charge in [-0.2, -0.15) is 0 Å². The van der Waals surface area contributed by atoms with Crippen LogP contribution in [0.25, 0.3) is 0 Å². The fourth-order valence-corrected chi connectivity index (χ4v) is 8.60. The fraction of sp³-hybridized carbons (Fsp3) is 0.435. The van der Waals surface area contributed by atoms with Crippen LogP contribution in [0.3, 0.4) is 0 Å². The van der Waals surface area contributed by atoms with Gasteiger partial charge in [-0.1, -0.05) is 81.4 Å². The van der Waals surface area contributed by atoms with Crippen LogP contribution in [0.2, 0.25) is 5.04 Å². The summed E-state index contributed by atoms with van der Waals surface area (Å²) in [6, 6.07) is 21.7. The number of hydrogen-bond donors (Lipinski definition) is 0. The van der Waals surface area contributed by atoms with Gasteiger partial charge in [0.15, 0.2) is 0 Å². The summed E-state index contributed by atoms with van der Waals surface area (Å²) < 4.78 is 12.6. The van der Waals surface area contributed by atoms with E-state index in [9.17, 15) is 0 Å². The number of ether oxygens (including phenoxy) is 1. The first-order valence-electron chi connectivity index (χ1n) is 9.74.